The normalized spacial score (nSPS) is 22.8. The predicted octanol–water partition coefficient (Wildman–Crippen LogP) is 17.5. The molecule has 2 saturated carbocycles. The lowest BCUT2D eigenvalue weighted by Gasteiger charge is -2.50. The lowest BCUT2D eigenvalue weighted by atomic mass is 9.59. The Kier molecular flexibility index (Phi) is 16.6. The lowest BCUT2D eigenvalue weighted by Crippen LogP contribution is -2.50. The first-order chi connectivity index (χ1) is 40.2. The summed E-state index contributed by atoms with van der Waals surface area (Å²) in [5.74, 6) is -1.15. The molecule has 4 unspecified atom stereocenters. The molecule has 3 aliphatic rings. The van der Waals surface area contributed by atoms with Gasteiger partial charge in [-0.1, -0.05) is 218 Å². The Morgan fingerprint density at radius 1 is 0.494 bits per heavy atom. The third-order valence-electron chi connectivity index (χ3n) is 18.3. The average Bonchev–Trinajstić information content (AvgIpc) is 1.98. The molecule has 11 nitrogen and oxygen atoms in total. The highest BCUT2D eigenvalue weighted by Gasteiger charge is 2.51. The maximum absolute atomic E-state index is 16.2. The van der Waals surface area contributed by atoms with E-state index in [1.165, 1.54) is 0 Å². The van der Waals surface area contributed by atoms with Gasteiger partial charge in [-0.25, -0.2) is 19.6 Å². The summed E-state index contributed by atoms with van der Waals surface area (Å²) in [7, 11) is 0. The van der Waals surface area contributed by atoms with Gasteiger partial charge < -0.3 is 25.1 Å². The van der Waals surface area contributed by atoms with Crippen LogP contribution in [0.15, 0.2) is 161 Å². The van der Waals surface area contributed by atoms with E-state index in [1.807, 2.05) is 97.1 Å². The molecular formula is C74H85N5O6. The van der Waals surface area contributed by atoms with E-state index in [0.29, 0.717) is 45.2 Å². The minimum Gasteiger partial charge on any atom is -0.458 e. The van der Waals surface area contributed by atoms with Crippen molar-refractivity contribution in [2.75, 3.05) is 5.32 Å². The van der Waals surface area contributed by atoms with Gasteiger partial charge in [0.05, 0.1) is 0 Å². The third kappa shape index (κ3) is 12.6. The molecule has 10 rings (SSSR count). The number of nitrogens with one attached hydrogen (secondary N) is 3. The molecule has 1 aromatic heterocycles. The largest absolute Gasteiger partial charge is 0.458 e. The van der Waals surface area contributed by atoms with Crippen LogP contribution in [0.2, 0.25) is 0 Å². The molecule has 7 aromatic rings. The molecule has 1 aliphatic heterocycles. The number of benzene rings is 6. The van der Waals surface area contributed by atoms with Gasteiger partial charge >= 0.3 is 11.9 Å². The monoisotopic (exact) mass is 1140 g/mol. The van der Waals surface area contributed by atoms with Gasteiger partial charge in [0.15, 0.2) is 11.7 Å². The van der Waals surface area contributed by atoms with Gasteiger partial charge in [0.2, 0.25) is 0 Å². The van der Waals surface area contributed by atoms with Gasteiger partial charge in [-0.2, -0.15) is 0 Å². The fourth-order valence-corrected chi connectivity index (χ4v) is 13.8. The van der Waals surface area contributed by atoms with Gasteiger partial charge in [-0.3, -0.25) is 9.59 Å². The number of hydrogen-bond donors (Lipinski definition) is 3. The summed E-state index contributed by atoms with van der Waals surface area (Å²) in [6.45, 7) is 31.2. The van der Waals surface area contributed by atoms with Crippen molar-refractivity contribution in [3.63, 3.8) is 0 Å². The number of ether oxygens (including phenoxy) is 2. The number of carbonyl (C=O) groups excluding carboxylic acids is 4. The summed E-state index contributed by atoms with van der Waals surface area (Å²) in [6, 6.07) is 45.3. The van der Waals surface area contributed by atoms with Gasteiger partial charge in [0.25, 0.3) is 11.8 Å². The van der Waals surface area contributed by atoms with Crippen molar-refractivity contribution < 1.29 is 28.7 Å². The summed E-state index contributed by atoms with van der Waals surface area (Å²) in [5, 5.41) is 9.62. The molecule has 2 aliphatic carbocycles. The molecule has 0 bridgehead atoms. The van der Waals surface area contributed by atoms with Crippen LogP contribution in [-0.2, 0) is 14.3 Å². The van der Waals surface area contributed by atoms with E-state index in [0.717, 1.165) is 47.2 Å². The zero-order valence-electron chi connectivity index (χ0n) is 52.1. The minimum absolute atomic E-state index is 0.000832. The first-order valence-corrected chi connectivity index (χ1v) is 30.5. The van der Waals surface area contributed by atoms with E-state index in [9.17, 15) is 9.59 Å². The molecule has 3 N–H and O–H groups in total. The molecule has 11 heteroatoms. The summed E-state index contributed by atoms with van der Waals surface area (Å²) < 4.78 is 14.2. The van der Waals surface area contributed by atoms with E-state index in [-0.39, 0.29) is 79.8 Å². The number of carbonyl (C=O) groups is 4. The summed E-state index contributed by atoms with van der Waals surface area (Å²) in [4.78, 5) is 75.9. The zero-order chi connectivity index (χ0) is 60.9. The van der Waals surface area contributed by atoms with Crippen LogP contribution in [-0.4, -0.2) is 52.6 Å². The number of anilines is 1. The number of aliphatic imine (C=N–C) groups is 2. The number of nitrogens with zero attached hydrogens (tertiary/aromatic N) is 2. The van der Waals surface area contributed by atoms with E-state index in [2.05, 4.69) is 113 Å². The maximum Gasteiger partial charge on any atom is 0.343 e. The first kappa shape index (κ1) is 60.2. The zero-order valence-corrected chi connectivity index (χ0v) is 52.1. The second kappa shape index (κ2) is 23.5. The van der Waals surface area contributed by atoms with Crippen LogP contribution in [0.1, 0.15) is 159 Å². The Morgan fingerprint density at radius 3 is 1.36 bits per heavy atom. The highest BCUT2D eigenvalue weighted by Crippen LogP contribution is 2.53. The summed E-state index contributed by atoms with van der Waals surface area (Å²) in [5.41, 5.74) is 1.89. The van der Waals surface area contributed by atoms with Gasteiger partial charge in [0.1, 0.15) is 35.0 Å². The van der Waals surface area contributed by atoms with Crippen molar-refractivity contribution in [2.45, 2.75) is 135 Å². The van der Waals surface area contributed by atoms with Crippen LogP contribution in [0.25, 0.3) is 38.2 Å². The van der Waals surface area contributed by atoms with Crippen LogP contribution >= 0.6 is 0 Å². The molecule has 0 saturated heterocycles. The molecule has 6 aromatic carbocycles. The van der Waals surface area contributed by atoms with E-state index in [4.69, 9.17) is 19.5 Å². The molecule has 0 spiro atoms. The van der Waals surface area contributed by atoms with Crippen LogP contribution in [0, 0.1) is 57.2 Å². The predicted molar refractivity (Wildman–Crippen MR) is 345 cm³/mol. The minimum atomic E-state index is -0.646. The Hall–Kier alpha value is -7.92. The fourth-order valence-electron chi connectivity index (χ4n) is 13.8. The van der Waals surface area contributed by atoms with Crippen molar-refractivity contribution in [1.82, 2.24) is 10.3 Å². The van der Waals surface area contributed by atoms with Crippen molar-refractivity contribution in [1.29, 1.82) is 0 Å². The molecule has 442 valence electrons. The van der Waals surface area contributed by atoms with Crippen LogP contribution in [0.4, 0.5) is 11.6 Å². The average molecular weight is 1140 g/mol. The Bertz CT molecular complexity index is 3710. The summed E-state index contributed by atoms with van der Waals surface area (Å²) >= 11 is 0. The number of fused-ring (bicyclic) bond motifs is 2. The van der Waals surface area contributed by atoms with Crippen LogP contribution < -0.4 is 10.6 Å². The number of esters is 2. The molecule has 85 heavy (non-hydrogen) atoms. The number of rotatable bonds is 10. The summed E-state index contributed by atoms with van der Waals surface area (Å²) in [6.07, 6.45) is 2.50. The van der Waals surface area contributed by atoms with Crippen molar-refractivity contribution in [3.05, 3.63) is 173 Å². The highest BCUT2D eigenvalue weighted by atomic mass is 16.5. The maximum atomic E-state index is 16.2. The first-order valence-electron chi connectivity index (χ1n) is 30.5. The SMILES string of the molecule is CC1CC(C(C)(C)C)C(OC(=O)C2=C(c3cccc4ccccc34)C(=Nc3[nH]c(NC(=O)c4ccccc4)c(C(=O)OC4C(C(C)(C)C)CC(C)CC4C(C)(C)C)c3-c3cccc4ccccc34)N=C2NC(=O)c2ccccc2)C(C(C)(C)C)C1. The van der Waals surface area contributed by atoms with Crippen molar-refractivity contribution in [3.8, 4) is 11.1 Å². The van der Waals surface area contributed by atoms with Gasteiger partial charge in [-0.15, -0.1) is 0 Å². The smallest absolute Gasteiger partial charge is 0.343 e. The lowest BCUT2D eigenvalue weighted by molar-refractivity contribution is -0.164. The van der Waals surface area contributed by atoms with Crippen LogP contribution in [0.5, 0.6) is 0 Å². The second-order valence-corrected chi connectivity index (χ2v) is 28.7. The molecule has 4 atom stereocenters. The fraction of sp³-hybridized carbons (Fsp3) is 0.405. The van der Waals surface area contributed by atoms with E-state index in [1.54, 1.807) is 48.5 Å². The van der Waals surface area contributed by atoms with E-state index >= 15 is 9.59 Å². The Labute approximate surface area is 502 Å². The van der Waals surface area contributed by atoms with E-state index < -0.39 is 36.0 Å². The second-order valence-electron chi connectivity index (χ2n) is 28.7. The van der Waals surface area contributed by atoms with Crippen molar-refractivity contribution >= 4 is 74.2 Å². The number of amides is 2. The number of aromatic amines is 1. The molecule has 2 amide bonds. The third-order valence-corrected chi connectivity index (χ3v) is 18.3. The van der Waals surface area contributed by atoms with Gasteiger partial charge in [-0.05, 0) is 116 Å². The Morgan fingerprint density at radius 2 is 0.894 bits per heavy atom. The number of amidine groups is 2. The van der Waals surface area contributed by atoms with Crippen LogP contribution in [0.3, 0.4) is 0 Å². The molecule has 2 fully saturated rings. The van der Waals surface area contributed by atoms with Gasteiger partial charge in [0, 0.05) is 45.9 Å². The highest BCUT2D eigenvalue weighted by molar-refractivity contribution is 6.46. The molecule has 0 radical (unpaired) electrons. The quantitative estimate of drug-likeness (QED) is 0.116. The molecular weight excluding hydrogens is 1050 g/mol. The topological polar surface area (TPSA) is 151 Å². The number of H-pyrrole nitrogens is 1. The number of hydrogen-bond acceptors (Lipinski definition) is 7. The molecule has 2 heterocycles. The standard InChI is InChI=1S/C74H85N5O6/c1-43-39-53(71(3,4)5)61(54(40-43)72(6,7)8)84-69(82)59-57(51-37-25-33-45-27-21-23-35-49(45)51)63(76-65(59)78-67(80)47-29-17-15-18-30-47)75-64-58(52-38-26-34-46-28-22-24-36-50(46)52)60(66(77-64)79-68(81)48-31-19-16-20-32-48)70(83)85-62-55(73(9,10)11)41-44(2)42-56(62)74(12,13)14/h15-38,43-44,53-56,61-62,76H,39-42H2,1-14H3,(H,78,80)(H,75,77,79,81). The van der Waals surface area contributed by atoms with Crippen molar-refractivity contribution in [2.24, 2.45) is 67.2 Å². The Balaban J connectivity index is 1.27. The number of aromatic nitrogens is 1.